The number of rotatable bonds is 3. The molecule has 1 heterocycles. The van der Waals surface area contributed by atoms with Crippen LogP contribution >= 0.6 is 15.9 Å². The van der Waals surface area contributed by atoms with Gasteiger partial charge in [-0.15, -0.1) is 0 Å². The lowest BCUT2D eigenvalue weighted by Crippen LogP contribution is -2.16. The van der Waals surface area contributed by atoms with Crippen molar-refractivity contribution in [3.8, 4) is 5.75 Å². The van der Waals surface area contributed by atoms with Gasteiger partial charge in [0.1, 0.15) is 5.75 Å². The Bertz CT molecular complexity index is 405. The van der Waals surface area contributed by atoms with Crippen molar-refractivity contribution in [3.63, 3.8) is 0 Å². The molecule has 3 heteroatoms. The Morgan fingerprint density at radius 1 is 1.39 bits per heavy atom. The fourth-order valence-electron chi connectivity index (χ4n) is 2.15. The Labute approximate surface area is 118 Å². The Hall–Kier alpha value is -0.540. The zero-order valence-corrected chi connectivity index (χ0v) is 13.0. The van der Waals surface area contributed by atoms with E-state index >= 15 is 0 Å². The highest BCUT2D eigenvalue weighted by molar-refractivity contribution is 9.10. The number of hydrogen-bond acceptors (Lipinski definition) is 2. The van der Waals surface area contributed by atoms with Gasteiger partial charge in [0.15, 0.2) is 0 Å². The number of ether oxygens (including phenoxy) is 1. The van der Waals surface area contributed by atoms with Crippen molar-refractivity contribution in [2.75, 3.05) is 19.7 Å². The van der Waals surface area contributed by atoms with Crippen LogP contribution in [0.5, 0.6) is 5.75 Å². The Balaban J connectivity index is 2.01. The van der Waals surface area contributed by atoms with Crippen molar-refractivity contribution in [2.24, 2.45) is 5.92 Å². The summed E-state index contributed by atoms with van der Waals surface area (Å²) < 4.78 is 6.96. The molecule has 0 bridgehead atoms. The van der Waals surface area contributed by atoms with Gasteiger partial charge in [0, 0.05) is 12.5 Å². The van der Waals surface area contributed by atoms with E-state index < -0.39 is 0 Å². The van der Waals surface area contributed by atoms with Gasteiger partial charge in [-0.25, -0.2) is 0 Å². The minimum absolute atomic E-state index is 0.177. The summed E-state index contributed by atoms with van der Waals surface area (Å²) >= 11 is 3.61. The maximum absolute atomic E-state index is 5.90. The van der Waals surface area contributed by atoms with Gasteiger partial charge in [0.05, 0.1) is 11.1 Å². The molecule has 100 valence electrons. The third kappa shape index (κ3) is 3.48. The summed E-state index contributed by atoms with van der Waals surface area (Å²) in [5.74, 6) is 1.61. The summed E-state index contributed by atoms with van der Waals surface area (Å²) in [5, 5.41) is 3.36. The normalized spacial score (nSPS) is 20.1. The van der Waals surface area contributed by atoms with E-state index in [1.807, 2.05) is 0 Å². The zero-order valence-electron chi connectivity index (χ0n) is 11.4. The highest BCUT2D eigenvalue weighted by atomic mass is 79.9. The largest absolute Gasteiger partial charge is 0.492 e. The summed E-state index contributed by atoms with van der Waals surface area (Å²) in [6.07, 6.45) is 1.22. The van der Waals surface area contributed by atoms with E-state index in [-0.39, 0.29) is 5.41 Å². The maximum atomic E-state index is 5.90. The third-order valence-electron chi connectivity index (χ3n) is 3.43. The summed E-state index contributed by atoms with van der Waals surface area (Å²) in [6.45, 7) is 9.68. The second-order valence-corrected chi connectivity index (χ2v) is 6.92. The summed E-state index contributed by atoms with van der Waals surface area (Å²) in [5.41, 5.74) is 1.50. The van der Waals surface area contributed by atoms with Crippen LogP contribution in [-0.4, -0.2) is 19.7 Å². The molecule has 1 aliphatic rings. The van der Waals surface area contributed by atoms with Gasteiger partial charge in [0.2, 0.25) is 0 Å². The lowest BCUT2D eigenvalue weighted by Gasteiger charge is -2.20. The van der Waals surface area contributed by atoms with E-state index in [2.05, 4.69) is 60.2 Å². The number of benzene rings is 1. The topological polar surface area (TPSA) is 21.3 Å². The second-order valence-electron chi connectivity index (χ2n) is 6.07. The van der Waals surface area contributed by atoms with E-state index in [1.165, 1.54) is 12.0 Å². The molecule has 0 amide bonds. The second kappa shape index (κ2) is 5.62. The molecule has 2 nitrogen and oxygen atoms in total. The van der Waals surface area contributed by atoms with Crippen LogP contribution in [0.1, 0.15) is 32.8 Å². The maximum Gasteiger partial charge on any atom is 0.133 e. The lowest BCUT2D eigenvalue weighted by atomic mass is 9.87. The van der Waals surface area contributed by atoms with Gasteiger partial charge in [-0.2, -0.15) is 0 Å². The van der Waals surface area contributed by atoms with Crippen LogP contribution in [-0.2, 0) is 5.41 Å². The first-order chi connectivity index (χ1) is 8.47. The van der Waals surface area contributed by atoms with Gasteiger partial charge in [-0.05, 0) is 52.0 Å². The predicted octanol–water partition coefficient (Wildman–Crippen LogP) is 3.73. The van der Waals surface area contributed by atoms with Crippen LogP contribution in [0.3, 0.4) is 0 Å². The van der Waals surface area contributed by atoms with Crippen molar-refractivity contribution >= 4 is 15.9 Å². The quantitative estimate of drug-likeness (QED) is 0.918. The number of hydrogen-bond donors (Lipinski definition) is 1. The van der Waals surface area contributed by atoms with Crippen molar-refractivity contribution in [1.29, 1.82) is 0 Å². The third-order valence-corrected chi connectivity index (χ3v) is 4.05. The van der Waals surface area contributed by atoms with Crippen molar-refractivity contribution in [2.45, 2.75) is 32.6 Å². The molecular weight excluding hydrogens is 290 g/mol. The fourth-order valence-corrected chi connectivity index (χ4v) is 2.64. The molecule has 0 radical (unpaired) electrons. The average molecular weight is 312 g/mol. The molecule has 1 fully saturated rings. The Kier molecular flexibility index (Phi) is 4.33. The zero-order chi connectivity index (χ0) is 13.2. The monoisotopic (exact) mass is 311 g/mol. The van der Waals surface area contributed by atoms with Crippen LogP contribution in [0.25, 0.3) is 0 Å². The summed E-state index contributed by atoms with van der Waals surface area (Å²) in [4.78, 5) is 0. The Morgan fingerprint density at radius 2 is 2.17 bits per heavy atom. The summed E-state index contributed by atoms with van der Waals surface area (Å²) in [7, 11) is 0. The van der Waals surface area contributed by atoms with Crippen molar-refractivity contribution in [3.05, 3.63) is 28.2 Å². The van der Waals surface area contributed by atoms with Crippen molar-refractivity contribution < 1.29 is 4.74 Å². The molecule has 0 aromatic heterocycles. The van der Waals surface area contributed by atoms with Crippen LogP contribution in [0.4, 0.5) is 0 Å². The average Bonchev–Trinajstić information content (AvgIpc) is 2.79. The van der Waals surface area contributed by atoms with E-state index in [0.29, 0.717) is 5.92 Å². The fraction of sp³-hybridized carbons (Fsp3) is 0.600. The smallest absolute Gasteiger partial charge is 0.133 e. The molecule has 0 spiro atoms. The first-order valence-electron chi connectivity index (χ1n) is 6.60. The predicted molar refractivity (Wildman–Crippen MR) is 79.3 cm³/mol. The van der Waals surface area contributed by atoms with Gasteiger partial charge >= 0.3 is 0 Å². The lowest BCUT2D eigenvalue weighted by molar-refractivity contribution is 0.258. The molecular formula is C15H22BrNO. The molecule has 0 saturated carbocycles. The standard InChI is InChI=1S/C15H22BrNO/c1-15(2,3)12-4-5-14(13(16)8-12)18-10-11-6-7-17-9-11/h4-5,8,11,17H,6-7,9-10H2,1-3H3/t11-/m0/s1. The van der Waals surface area contributed by atoms with Gasteiger partial charge < -0.3 is 10.1 Å². The van der Waals surface area contributed by atoms with Gasteiger partial charge in [-0.3, -0.25) is 0 Å². The molecule has 1 N–H and O–H groups in total. The highest BCUT2D eigenvalue weighted by Crippen LogP contribution is 2.31. The minimum Gasteiger partial charge on any atom is -0.492 e. The minimum atomic E-state index is 0.177. The summed E-state index contributed by atoms with van der Waals surface area (Å²) in [6, 6.07) is 6.41. The SMILES string of the molecule is CC(C)(C)c1ccc(OC[C@H]2CCNC2)c(Br)c1. The van der Waals surface area contributed by atoms with E-state index in [4.69, 9.17) is 4.74 Å². The van der Waals surface area contributed by atoms with Gasteiger partial charge in [0.25, 0.3) is 0 Å². The van der Waals surface area contributed by atoms with Gasteiger partial charge in [-0.1, -0.05) is 26.8 Å². The first kappa shape index (κ1) is 13.9. The molecule has 0 aliphatic carbocycles. The molecule has 1 atom stereocenters. The molecule has 18 heavy (non-hydrogen) atoms. The molecule has 1 aromatic carbocycles. The van der Waals surface area contributed by atoms with Crippen LogP contribution in [0.15, 0.2) is 22.7 Å². The molecule has 2 rings (SSSR count). The van der Waals surface area contributed by atoms with Crippen LogP contribution < -0.4 is 10.1 Å². The molecule has 1 aromatic rings. The van der Waals surface area contributed by atoms with Crippen LogP contribution in [0, 0.1) is 5.92 Å². The number of nitrogens with one attached hydrogen (secondary N) is 1. The molecule has 0 unspecified atom stereocenters. The van der Waals surface area contributed by atoms with E-state index in [9.17, 15) is 0 Å². The van der Waals surface area contributed by atoms with Crippen LogP contribution in [0.2, 0.25) is 0 Å². The van der Waals surface area contributed by atoms with Crippen molar-refractivity contribution in [1.82, 2.24) is 5.32 Å². The van der Waals surface area contributed by atoms with E-state index in [1.54, 1.807) is 0 Å². The molecule has 1 aliphatic heterocycles. The van der Waals surface area contributed by atoms with E-state index in [0.717, 1.165) is 29.9 Å². The first-order valence-corrected chi connectivity index (χ1v) is 7.39. The molecule has 1 saturated heterocycles. The highest BCUT2D eigenvalue weighted by Gasteiger charge is 2.17. The number of halogens is 1. The Morgan fingerprint density at radius 3 is 2.72 bits per heavy atom.